The van der Waals surface area contributed by atoms with Crippen molar-refractivity contribution in [2.24, 2.45) is 11.1 Å². The van der Waals surface area contributed by atoms with Gasteiger partial charge in [0, 0.05) is 31.6 Å². The molecule has 1 fully saturated rings. The number of nitrogens with zero attached hydrogens (tertiary/aromatic N) is 2. The van der Waals surface area contributed by atoms with Crippen molar-refractivity contribution < 1.29 is 4.74 Å². The Hall–Kier alpha value is -0.650. The number of rotatable bonds is 5. The van der Waals surface area contributed by atoms with Gasteiger partial charge in [-0.3, -0.25) is 0 Å². The first kappa shape index (κ1) is 15.7. The third kappa shape index (κ3) is 3.51. The van der Waals surface area contributed by atoms with Crippen LogP contribution in [-0.2, 0) is 17.9 Å². The Morgan fingerprint density at radius 1 is 1.40 bits per heavy atom. The van der Waals surface area contributed by atoms with Crippen molar-refractivity contribution in [2.45, 2.75) is 58.7 Å². The molecule has 4 nitrogen and oxygen atoms in total. The van der Waals surface area contributed by atoms with Gasteiger partial charge in [0.05, 0.1) is 12.3 Å². The molecule has 1 heterocycles. The Morgan fingerprint density at radius 2 is 2.05 bits per heavy atom. The Bertz CT molecular complexity index is 434. The van der Waals surface area contributed by atoms with E-state index in [0.29, 0.717) is 24.6 Å². The number of thiazole rings is 1. The average molecular weight is 297 g/mol. The lowest BCUT2D eigenvalue weighted by atomic mass is 9.75. The summed E-state index contributed by atoms with van der Waals surface area (Å²) in [5, 5.41) is 1.09. The summed E-state index contributed by atoms with van der Waals surface area (Å²) in [6.45, 7) is 5.84. The number of hydrogen-bond donors (Lipinski definition) is 1. The van der Waals surface area contributed by atoms with E-state index in [0.717, 1.165) is 15.7 Å². The highest BCUT2D eigenvalue weighted by atomic mass is 32.1. The fourth-order valence-corrected chi connectivity index (χ4v) is 3.83. The van der Waals surface area contributed by atoms with Gasteiger partial charge in [0.1, 0.15) is 0 Å². The predicted molar refractivity (Wildman–Crippen MR) is 85.2 cm³/mol. The summed E-state index contributed by atoms with van der Waals surface area (Å²) in [4.78, 5) is 8.21. The third-order valence-corrected chi connectivity index (χ3v) is 5.60. The molecular weight excluding hydrogens is 270 g/mol. The van der Waals surface area contributed by atoms with Crippen LogP contribution in [0.15, 0.2) is 0 Å². The van der Waals surface area contributed by atoms with Gasteiger partial charge in [-0.05, 0) is 31.1 Å². The molecule has 0 spiro atoms. The van der Waals surface area contributed by atoms with Crippen molar-refractivity contribution in [1.29, 1.82) is 0 Å². The predicted octanol–water partition coefficient (Wildman–Crippen LogP) is 3.15. The molecule has 2 N–H and O–H groups in total. The van der Waals surface area contributed by atoms with E-state index >= 15 is 0 Å². The van der Waals surface area contributed by atoms with Gasteiger partial charge < -0.3 is 15.4 Å². The van der Waals surface area contributed by atoms with Crippen molar-refractivity contribution in [3.63, 3.8) is 0 Å². The summed E-state index contributed by atoms with van der Waals surface area (Å²) in [6.07, 6.45) is 5.09. The highest BCUT2D eigenvalue weighted by molar-refractivity contribution is 7.15. The molecule has 5 heteroatoms. The zero-order chi connectivity index (χ0) is 14.8. The Balaban J connectivity index is 2.07. The highest BCUT2D eigenvalue weighted by Crippen LogP contribution is 2.38. The first-order valence-electron chi connectivity index (χ1n) is 7.37. The van der Waals surface area contributed by atoms with Gasteiger partial charge >= 0.3 is 0 Å². The molecule has 0 radical (unpaired) electrons. The molecule has 1 aromatic rings. The molecule has 0 unspecified atom stereocenters. The van der Waals surface area contributed by atoms with Crippen molar-refractivity contribution in [3.8, 4) is 0 Å². The SMILES string of the molecule is COCc1nc(N(C)C2CCC(C)(C)CC2)sc1CN. The molecule has 114 valence electrons. The van der Waals surface area contributed by atoms with E-state index in [9.17, 15) is 0 Å². The van der Waals surface area contributed by atoms with E-state index in [1.807, 2.05) is 0 Å². The summed E-state index contributed by atoms with van der Waals surface area (Å²) in [6, 6.07) is 0.607. The van der Waals surface area contributed by atoms with E-state index < -0.39 is 0 Å². The van der Waals surface area contributed by atoms with Gasteiger partial charge in [-0.15, -0.1) is 11.3 Å². The lowest BCUT2D eigenvalue weighted by Gasteiger charge is -2.38. The molecule has 0 atom stereocenters. The van der Waals surface area contributed by atoms with E-state index in [1.165, 1.54) is 25.7 Å². The quantitative estimate of drug-likeness (QED) is 0.907. The second kappa shape index (κ2) is 6.41. The van der Waals surface area contributed by atoms with Crippen molar-refractivity contribution in [2.75, 3.05) is 19.1 Å². The van der Waals surface area contributed by atoms with Crippen LogP contribution in [0.2, 0.25) is 0 Å². The topological polar surface area (TPSA) is 51.4 Å². The maximum atomic E-state index is 5.80. The van der Waals surface area contributed by atoms with Crippen molar-refractivity contribution in [1.82, 2.24) is 4.98 Å². The molecule has 0 aromatic carbocycles. The fraction of sp³-hybridized carbons (Fsp3) is 0.800. The zero-order valence-electron chi connectivity index (χ0n) is 13.1. The minimum absolute atomic E-state index is 0.504. The lowest BCUT2D eigenvalue weighted by Crippen LogP contribution is -2.37. The number of nitrogens with two attached hydrogens (primary N) is 1. The Kier molecular flexibility index (Phi) is 5.04. The molecule has 1 saturated carbocycles. The second-order valence-corrected chi connectivity index (χ2v) is 7.57. The van der Waals surface area contributed by atoms with Crippen LogP contribution >= 0.6 is 11.3 Å². The van der Waals surface area contributed by atoms with Crippen molar-refractivity contribution >= 4 is 16.5 Å². The first-order chi connectivity index (χ1) is 9.46. The van der Waals surface area contributed by atoms with E-state index in [-0.39, 0.29) is 0 Å². The lowest BCUT2D eigenvalue weighted by molar-refractivity contribution is 0.181. The average Bonchev–Trinajstić information content (AvgIpc) is 2.81. The van der Waals surface area contributed by atoms with Gasteiger partial charge in [-0.2, -0.15) is 0 Å². The van der Waals surface area contributed by atoms with Gasteiger partial charge in [0.2, 0.25) is 0 Å². The minimum Gasteiger partial charge on any atom is -0.378 e. The molecule has 20 heavy (non-hydrogen) atoms. The zero-order valence-corrected chi connectivity index (χ0v) is 13.9. The molecule has 0 amide bonds. The standard InChI is InChI=1S/C15H27N3OS/c1-15(2)7-5-11(6-8-15)18(3)14-17-12(10-19-4)13(9-16)20-14/h11H,5-10,16H2,1-4H3. The van der Waals surface area contributed by atoms with Crippen LogP contribution in [0, 0.1) is 5.41 Å². The molecular formula is C15H27N3OS. The number of methoxy groups -OCH3 is 1. The van der Waals surface area contributed by atoms with E-state index in [2.05, 4.69) is 25.8 Å². The number of ether oxygens (including phenoxy) is 1. The van der Waals surface area contributed by atoms with Crippen LogP contribution in [0.25, 0.3) is 0 Å². The molecule has 1 aromatic heterocycles. The largest absolute Gasteiger partial charge is 0.378 e. The fourth-order valence-electron chi connectivity index (χ4n) is 2.86. The van der Waals surface area contributed by atoms with Gasteiger partial charge in [0.25, 0.3) is 0 Å². The van der Waals surface area contributed by atoms with E-state index in [1.54, 1.807) is 18.4 Å². The summed E-state index contributed by atoms with van der Waals surface area (Å²) in [7, 11) is 3.87. The molecule has 1 aliphatic carbocycles. The van der Waals surface area contributed by atoms with Crippen LogP contribution in [0.5, 0.6) is 0 Å². The molecule has 0 saturated heterocycles. The minimum atomic E-state index is 0.504. The summed E-state index contributed by atoms with van der Waals surface area (Å²) < 4.78 is 5.21. The molecule has 1 aliphatic rings. The van der Waals surface area contributed by atoms with Gasteiger partial charge in [0.15, 0.2) is 5.13 Å². The summed E-state index contributed by atoms with van der Waals surface area (Å²) in [5.74, 6) is 0. The normalized spacial score (nSPS) is 19.2. The number of aromatic nitrogens is 1. The molecule has 0 bridgehead atoms. The monoisotopic (exact) mass is 297 g/mol. The van der Waals surface area contributed by atoms with Crippen molar-refractivity contribution in [3.05, 3.63) is 10.6 Å². The smallest absolute Gasteiger partial charge is 0.185 e. The van der Waals surface area contributed by atoms with Gasteiger partial charge in [-0.25, -0.2) is 4.98 Å². The van der Waals surface area contributed by atoms with E-state index in [4.69, 9.17) is 15.5 Å². The second-order valence-electron chi connectivity index (χ2n) is 6.51. The van der Waals surface area contributed by atoms with Gasteiger partial charge in [-0.1, -0.05) is 13.8 Å². The number of anilines is 1. The molecule has 2 rings (SSSR count). The van der Waals surface area contributed by atoms with Crippen LogP contribution < -0.4 is 10.6 Å². The number of hydrogen-bond acceptors (Lipinski definition) is 5. The summed E-state index contributed by atoms with van der Waals surface area (Å²) in [5.41, 5.74) is 7.31. The first-order valence-corrected chi connectivity index (χ1v) is 8.19. The molecule has 0 aliphatic heterocycles. The summed E-state index contributed by atoms with van der Waals surface area (Å²) >= 11 is 1.71. The Morgan fingerprint density at radius 3 is 2.60 bits per heavy atom. The van der Waals surface area contributed by atoms with Crippen LogP contribution in [0.3, 0.4) is 0 Å². The van der Waals surface area contributed by atoms with Crippen LogP contribution in [0.4, 0.5) is 5.13 Å². The maximum Gasteiger partial charge on any atom is 0.185 e. The van der Waals surface area contributed by atoms with Crippen LogP contribution in [0.1, 0.15) is 50.1 Å². The maximum absolute atomic E-state index is 5.80. The highest BCUT2D eigenvalue weighted by Gasteiger charge is 2.30. The van der Waals surface area contributed by atoms with Crippen LogP contribution in [-0.4, -0.2) is 25.2 Å². The Labute approximate surface area is 126 Å². The third-order valence-electron chi connectivity index (χ3n) is 4.39.